The molecule has 0 bridgehead atoms. The van der Waals surface area contributed by atoms with Gasteiger partial charge in [0.15, 0.2) is 0 Å². The maximum Gasteiger partial charge on any atom is 0.354 e. The number of aryl methyl sites for hydroxylation is 2. The van der Waals surface area contributed by atoms with Gasteiger partial charge in [0.25, 0.3) is 0 Å². The number of hydrogen-bond acceptors (Lipinski definition) is 6. The van der Waals surface area contributed by atoms with Gasteiger partial charge in [-0.05, 0) is 49.2 Å². The number of nitrogens with one attached hydrogen (secondary N) is 1. The number of rotatable bonds is 5. The standard InChI is InChI=1S/C19H19N5O2/c1-13-9-10-15(11-14(13)2)22-18-17(24(25)26)19(21-12-20-18)23(3)16-7-5-4-6-8-16/h4-12H,1-3H3,(H,20,21,22). The molecule has 7 heteroatoms. The zero-order valence-electron chi connectivity index (χ0n) is 14.8. The fourth-order valence-corrected chi connectivity index (χ4v) is 2.60. The molecule has 0 spiro atoms. The van der Waals surface area contributed by atoms with Crippen LogP contribution in [0.15, 0.2) is 54.9 Å². The lowest BCUT2D eigenvalue weighted by Gasteiger charge is -2.19. The van der Waals surface area contributed by atoms with Crippen LogP contribution in [0, 0.1) is 24.0 Å². The maximum atomic E-state index is 11.7. The Morgan fingerprint density at radius 2 is 1.77 bits per heavy atom. The minimum atomic E-state index is -0.460. The predicted molar refractivity (Wildman–Crippen MR) is 102 cm³/mol. The molecule has 3 rings (SSSR count). The Morgan fingerprint density at radius 1 is 1.04 bits per heavy atom. The van der Waals surface area contributed by atoms with E-state index in [9.17, 15) is 10.1 Å². The van der Waals surface area contributed by atoms with Crippen molar-refractivity contribution >= 4 is 28.7 Å². The monoisotopic (exact) mass is 349 g/mol. The van der Waals surface area contributed by atoms with Crippen LogP contribution in [-0.4, -0.2) is 21.9 Å². The van der Waals surface area contributed by atoms with E-state index >= 15 is 0 Å². The molecule has 1 N–H and O–H groups in total. The quantitative estimate of drug-likeness (QED) is 0.539. The largest absolute Gasteiger partial charge is 0.354 e. The molecule has 26 heavy (non-hydrogen) atoms. The lowest BCUT2D eigenvalue weighted by atomic mass is 10.1. The Labute approximate surface area is 151 Å². The number of nitrogens with zero attached hydrogens (tertiary/aromatic N) is 4. The first-order valence-corrected chi connectivity index (χ1v) is 8.10. The zero-order valence-corrected chi connectivity index (χ0v) is 14.8. The normalized spacial score (nSPS) is 10.4. The van der Waals surface area contributed by atoms with Gasteiger partial charge in [0, 0.05) is 18.4 Å². The molecule has 0 atom stereocenters. The second kappa shape index (κ2) is 7.18. The Morgan fingerprint density at radius 3 is 2.42 bits per heavy atom. The molecule has 0 aliphatic rings. The van der Waals surface area contributed by atoms with Gasteiger partial charge in [-0.2, -0.15) is 0 Å². The van der Waals surface area contributed by atoms with Crippen molar-refractivity contribution in [3.05, 3.63) is 76.1 Å². The van der Waals surface area contributed by atoms with E-state index in [1.54, 1.807) is 11.9 Å². The van der Waals surface area contributed by atoms with Crippen LogP contribution >= 0.6 is 0 Å². The molecule has 0 fully saturated rings. The van der Waals surface area contributed by atoms with Gasteiger partial charge in [0.2, 0.25) is 11.6 Å². The van der Waals surface area contributed by atoms with Crippen LogP contribution in [-0.2, 0) is 0 Å². The third-order valence-corrected chi connectivity index (χ3v) is 4.22. The molecule has 7 nitrogen and oxygen atoms in total. The molecular formula is C19H19N5O2. The summed E-state index contributed by atoms with van der Waals surface area (Å²) in [5.74, 6) is 0.383. The lowest BCUT2D eigenvalue weighted by molar-refractivity contribution is -0.383. The molecule has 132 valence electrons. The summed E-state index contributed by atoms with van der Waals surface area (Å²) in [6.45, 7) is 4.00. The molecule has 0 saturated heterocycles. The fraction of sp³-hybridized carbons (Fsp3) is 0.158. The van der Waals surface area contributed by atoms with E-state index in [-0.39, 0.29) is 17.3 Å². The molecule has 3 aromatic rings. The van der Waals surface area contributed by atoms with Crippen molar-refractivity contribution in [3.63, 3.8) is 0 Å². The summed E-state index contributed by atoms with van der Waals surface area (Å²) >= 11 is 0. The first-order valence-electron chi connectivity index (χ1n) is 8.10. The van der Waals surface area contributed by atoms with Gasteiger partial charge in [0.1, 0.15) is 6.33 Å². The summed E-state index contributed by atoms with van der Waals surface area (Å²) in [4.78, 5) is 21.2. The predicted octanol–water partition coefficient (Wildman–Crippen LogP) is 4.51. The highest BCUT2D eigenvalue weighted by molar-refractivity contribution is 5.77. The van der Waals surface area contributed by atoms with Crippen molar-refractivity contribution in [1.82, 2.24) is 9.97 Å². The molecule has 0 saturated carbocycles. The van der Waals surface area contributed by atoms with Crippen LogP contribution in [0.3, 0.4) is 0 Å². The summed E-state index contributed by atoms with van der Waals surface area (Å²) in [5.41, 5.74) is 3.61. The van der Waals surface area contributed by atoms with E-state index in [1.807, 2.05) is 62.4 Å². The van der Waals surface area contributed by atoms with Crippen LogP contribution in [0.1, 0.15) is 11.1 Å². The van der Waals surface area contributed by atoms with Crippen LogP contribution in [0.25, 0.3) is 0 Å². The maximum absolute atomic E-state index is 11.7. The summed E-state index contributed by atoms with van der Waals surface area (Å²) in [5, 5.41) is 14.8. The Bertz CT molecular complexity index is 944. The van der Waals surface area contributed by atoms with Crippen LogP contribution in [0.4, 0.5) is 28.7 Å². The number of hydrogen-bond donors (Lipinski definition) is 1. The highest BCUT2D eigenvalue weighted by Crippen LogP contribution is 2.36. The lowest BCUT2D eigenvalue weighted by Crippen LogP contribution is -2.15. The highest BCUT2D eigenvalue weighted by atomic mass is 16.6. The van der Waals surface area contributed by atoms with Crippen LogP contribution in [0.2, 0.25) is 0 Å². The van der Waals surface area contributed by atoms with Gasteiger partial charge in [-0.3, -0.25) is 10.1 Å². The molecule has 0 unspecified atom stereocenters. The van der Waals surface area contributed by atoms with E-state index in [1.165, 1.54) is 6.33 Å². The summed E-state index contributed by atoms with van der Waals surface area (Å²) < 4.78 is 0. The molecule has 2 aromatic carbocycles. The van der Waals surface area contributed by atoms with E-state index in [2.05, 4.69) is 15.3 Å². The second-order valence-electron chi connectivity index (χ2n) is 5.97. The van der Waals surface area contributed by atoms with Crippen molar-refractivity contribution in [2.24, 2.45) is 0 Å². The van der Waals surface area contributed by atoms with E-state index in [0.29, 0.717) is 0 Å². The smallest absolute Gasteiger partial charge is 0.334 e. The molecular weight excluding hydrogens is 330 g/mol. The molecule has 1 aromatic heterocycles. The average Bonchev–Trinajstić information content (AvgIpc) is 2.64. The second-order valence-corrected chi connectivity index (χ2v) is 5.97. The topological polar surface area (TPSA) is 84.2 Å². The van der Waals surface area contributed by atoms with Gasteiger partial charge in [-0.15, -0.1) is 0 Å². The first kappa shape index (κ1) is 17.3. The van der Waals surface area contributed by atoms with Gasteiger partial charge in [0.05, 0.1) is 4.92 Å². The zero-order chi connectivity index (χ0) is 18.7. The molecule has 0 radical (unpaired) electrons. The van der Waals surface area contributed by atoms with Crippen molar-refractivity contribution in [2.75, 3.05) is 17.3 Å². The van der Waals surface area contributed by atoms with Gasteiger partial charge in [-0.25, -0.2) is 9.97 Å². The number of aromatic nitrogens is 2. The van der Waals surface area contributed by atoms with Crippen molar-refractivity contribution in [1.29, 1.82) is 0 Å². The Kier molecular flexibility index (Phi) is 4.79. The van der Waals surface area contributed by atoms with E-state index < -0.39 is 4.92 Å². The first-order chi connectivity index (χ1) is 12.5. The number of benzene rings is 2. The van der Waals surface area contributed by atoms with Gasteiger partial charge in [-0.1, -0.05) is 24.3 Å². The number of nitro groups is 1. The Balaban J connectivity index is 2.03. The summed E-state index contributed by atoms with van der Waals surface area (Å²) in [7, 11) is 1.74. The highest BCUT2D eigenvalue weighted by Gasteiger charge is 2.26. The van der Waals surface area contributed by atoms with Crippen LogP contribution < -0.4 is 10.2 Å². The third kappa shape index (κ3) is 3.46. The van der Waals surface area contributed by atoms with Crippen molar-refractivity contribution < 1.29 is 4.92 Å². The minimum Gasteiger partial charge on any atom is -0.334 e. The number of anilines is 4. The molecule has 0 aliphatic heterocycles. The fourth-order valence-electron chi connectivity index (χ4n) is 2.60. The van der Waals surface area contributed by atoms with Crippen molar-refractivity contribution in [3.8, 4) is 0 Å². The Hall–Kier alpha value is -3.48. The summed E-state index contributed by atoms with van der Waals surface area (Å²) in [6, 6.07) is 15.1. The van der Waals surface area contributed by atoms with Crippen LogP contribution in [0.5, 0.6) is 0 Å². The summed E-state index contributed by atoms with van der Waals surface area (Å²) in [6.07, 6.45) is 1.32. The van der Waals surface area contributed by atoms with E-state index in [4.69, 9.17) is 0 Å². The number of para-hydroxylation sites is 1. The molecule has 0 aliphatic carbocycles. The van der Waals surface area contributed by atoms with Gasteiger partial charge >= 0.3 is 5.69 Å². The van der Waals surface area contributed by atoms with Crippen molar-refractivity contribution in [2.45, 2.75) is 13.8 Å². The third-order valence-electron chi connectivity index (χ3n) is 4.22. The molecule has 1 heterocycles. The SMILES string of the molecule is Cc1ccc(Nc2ncnc(N(C)c3ccccc3)c2[N+](=O)[O-])cc1C. The average molecular weight is 349 g/mol. The van der Waals surface area contributed by atoms with Gasteiger partial charge < -0.3 is 10.2 Å². The van der Waals surface area contributed by atoms with E-state index in [0.717, 1.165) is 22.5 Å². The minimum absolute atomic E-state index is 0.158. The molecule has 0 amide bonds.